The molecule has 10 rings (SSSR count). The standard InChI is InChI=1S/C20H23Cl2F3N4O3.C18H27ClN2O4.C17H23ClN2O4.C13H19ClN2O2.C7H6ClF3N2O2.C2HF3O.CH2Cl2.CH4.CH3.BrH.Mg/c1-11-18(22)19(20(23,24)25)26-29(11)10-17(31)28-7-6-27(9-15(28)12(2)30)13-4-5-14(21)16(8-13)32-3;1-12(22)15-11-20(13-6-7-14(19)16(10-13)24-5)8-9-21(15)17(23)25-18(2,3)4;1-17(2,3)24-16(22)20-8-7-19(10-13(20)11-21)12-5-6-14(18)15(9-12)23-4;1-9(17)12-8-16(6-5-15-12)10-3-4-11(14)13(7-10)18-2;1-3-5(8)6(7(9,10)11)12-13(3)2-4(14)15;3-2(4,5)1-6;2-1-3;;;;/h4-5,8,12,15,30H,6-7,9-10H2,1-3H3;6-7,10,12,15,22H,8-9,11H2,1-5H3;5-6,9,11,13H,7-8,10H2,1-4H3;3-4,7,9,12,15,17H,5-6,8H2,1-2H3;2H2,1H3,(H,14,15);1H;1H2;1H4;1H3;1H;/q;;;;;;;;-1;;+2/p-1/t;;13-;;;;;;;;/m..1......../s1. The molecule has 2 aromatic heterocycles. The fraction of sp³-hybridized carbons (Fsp3) is 0.537. The van der Waals surface area contributed by atoms with Crippen LogP contribution in [0.2, 0.25) is 30.1 Å². The number of rotatable bonds is 16. The molecule has 0 saturated carbocycles. The Balaban J connectivity index is 0.00000154. The van der Waals surface area contributed by atoms with E-state index in [-0.39, 0.29) is 96.3 Å². The molecule has 4 aromatic carbocycles. The van der Waals surface area contributed by atoms with Gasteiger partial charge in [0.25, 0.3) is 0 Å². The van der Waals surface area contributed by atoms with Gasteiger partial charge in [-0.1, -0.05) is 77.0 Å². The second-order valence-electron chi connectivity index (χ2n) is 29.6. The first kappa shape index (κ1) is 120. The molecule has 127 heavy (non-hydrogen) atoms. The Morgan fingerprint density at radius 3 is 1.11 bits per heavy atom. The number of nitrogens with one attached hydrogen (secondary N) is 1. The number of benzene rings is 4. The fourth-order valence-electron chi connectivity index (χ4n) is 12.3. The minimum atomic E-state index is -4.72. The minimum Gasteiger partial charge on any atom is -1.00 e. The molecule has 0 bridgehead atoms. The Labute approximate surface area is 800 Å². The zero-order chi connectivity index (χ0) is 93.3. The van der Waals surface area contributed by atoms with E-state index >= 15 is 0 Å². The summed E-state index contributed by atoms with van der Waals surface area (Å²) in [5.41, 5.74) is 0.103. The van der Waals surface area contributed by atoms with Crippen molar-refractivity contribution in [2.24, 2.45) is 0 Å². The number of anilines is 4. The number of carbonyl (C=O) groups is 6. The molecule has 3 amide bonds. The maximum atomic E-state index is 13.1. The number of aldehydes is 2. The van der Waals surface area contributed by atoms with Crippen molar-refractivity contribution >= 4 is 175 Å². The third-order valence-electron chi connectivity index (χ3n) is 18.4. The Morgan fingerprint density at radius 2 is 0.819 bits per heavy atom. The van der Waals surface area contributed by atoms with E-state index in [0.29, 0.717) is 100 Å². The molecule has 712 valence electrons. The Bertz CT molecular complexity index is 4470. The maximum absolute atomic E-state index is 13.1. The molecule has 0 spiro atoms. The van der Waals surface area contributed by atoms with Gasteiger partial charge in [-0.2, -0.15) is 49.7 Å². The van der Waals surface area contributed by atoms with Gasteiger partial charge < -0.3 is 108 Å². The van der Waals surface area contributed by atoms with E-state index in [1.807, 2.05) is 86.0 Å². The molecule has 4 fully saturated rings. The average molecular weight is 2050 g/mol. The normalized spacial score (nSPS) is 17.0. The number of aliphatic carboxylic acids is 1. The second kappa shape index (κ2) is 54.3. The Hall–Kier alpha value is -6.70. The van der Waals surface area contributed by atoms with Crippen LogP contribution in [0.5, 0.6) is 23.0 Å². The van der Waals surface area contributed by atoms with Gasteiger partial charge >= 0.3 is 59.7 Å². The van der Waals surface area contributed by atoms with Gasteiger partial charge in [0.2, 0.25) is 12.2 Å². The van der Waals surface area contributed by atoms with Crippen LogP contribution in [0.25, 0.3) is 0 Å². The zero-order valence-electron chi connectivity index (χ0n) is 71.8. The largest absolute Gasteiger partial charge is 2.00 e. The second-order valence-corrected chi connectivity index (χ2v) is 32.8. The number of carbonyl (C=O) groups excluding carboxylic acids is 5. The van der Waals surface area contributed by atoms with Gasteiger partial charge in [-0.3, -0.25) is 33.5 Å². The number of nitrogens with zero attached hydrogens (tertiary/aromatic N) is 11. The van der Waals surface area contributed by atoms with Crippen LogP contribution in [0.1, 0.15) is 92.5 Å². The number of piperazine rings is 4. The van der Waals surface area contributed by atoms with E-state index in [0.717, 1.165) is 53.4 Å². The molecule has 4 aliphatic rings. The molecule has 6 aromatic rings. The van der Waals surface area contributed by atoms with Crippen molar-refractivity contribution in [3.8, 4) is 23.0 Å². The Kier molecular flexibility index (Phi) is 51.5. The molecule has 28 nitrogen and oxygen atoms in total. The fourth-order valence-corrected chi connectivity index (χ4v) is 13.5. The van der Waals surface area contributed by atoms with E-state index in [4.69, 9.17) is 131 Å². The number of aliphatic hydroxyl groups is 3. The van der Waals surface area contributed by atoms with Crippen molar-refractivity contribution in [1.82, 2.24) is 39.6 Å². The molecule has 6 unspecified atom stereocenters. The van der Waals surface area contributed by atoms with E-state index in [1.165, 1.54) is 30.8 Å². The van der Waals surface area contributed by atoms with Gasteiger partial charge in [0.1, 0.15) is 59.6 Å². The van der Waals surface area contributed by atoms with Gasteiger partial charge in [0.15, 0.2) is 11.4 Å². The van der Waals surface area contributed by atoms with E-state index < -0.39 is 119 Å². The Morgan fingerprint density at radius 1 is 0.512 bits per heavy atom. The van der Waals surface area contributed by atoms with Crippen LogP contribution < -0.4 is 60.8 Å². The summed E-state index contributed by atoms with van der Waals surface area (Å²) in [6, 6.07) is 20.7. The maximum Gasteiger partial charge on any atom is 2.00 e. The van der Waals surface area contributed by atoms with Gasteiger partial charge in [0, 0.05) is 126 Å². The summed E-state index contributed by atoms with van der Waals surface area (Å²) in [7, 11) is 6.25. The number of carboxylic acid groups (broad SMARTS) is 1. The molecule has 47 heteroatoms. The monoisotopic (exact) mass is 2050 g/mol. The first-order valence-corrected chi connectivity index (χ1v) is 40.8. The zero-order valence-corrected chi connectivity index (χ0v) is 80.9. The number of alkyl halides is 11. The SMILES string of the molecule is C.COc1cc(N2CCN(C(=O)Cn3nc(C(F)(F)F)c(Cl)c3C)C(C(C)O)C2)ccc1Cl.COc1cc(N2CCN(C(=O)OC(C)(C)C)C(C(C)O)C2)ccc1Cl.COc1cc(N2CCN(C(=O)OC(C)(C)C)[C@@H](C=O)C2)ccc1Cl.COc1cc(N2CCNC(C(C)O)C2)ccc1Cl.Cc1c(Cl)c(C(F)(F)F)nn1CC(=O)O.ClCCl.O=CC(F)(F)F.[Br-].[CH3-].[Mg+2]. The summed E-state index contributed by atoms with van der Waals surface area (Å²) >= 11 is 44.9. The quantitative estimate of drug-likeness (QED) is 0.0198. The molecule has 0 radical (unpaired) electrons. The number of aliphatic hydroxyl groups excluding tert-OH is 3. The van der Waals surface area contributed by atoms with Gasteiger partial charge in [-0.15, -0.1) is 23.2 Å². The molecular weight excluding hydrogens is 1940 g/mol. The number of methoxy groups -OCH3 is 4. The first-order valence-electron chi connectivity index (χ1n) is 37.5. The van der Waals surface area contributed by atoms with Crippen LogP contribution in [-0.2, 0) is 54.1 Å². The van der Waals surface area contributed by atoms with Crippen LogP contribution in [0.4, 0.5) is 71.9 Å². The summed E-state index contributed by atoms with van der Waals surface area (Å²) < 4.78 is 141. The smallest absolute Gasteiger partial charge is 1.00 e. The molecule has 4 saturated heterocycles. The number of halogens is 18. The summed E-state index contributed by atoms with van der Waals surface area (Å²) in [5.74, 6) is 0.615. The molecule has 6 heterocycles. The average Bonchev–Trinajstić information content (AvgIpc) is 1.70. The molecule has 0 aliphatic carbocycles. The van der Waals surface area contributed by atoms with Crippen molar-refractivity contribution < 1.29 is 134 Å². The van der Waals surface area contributed by atoms with Crippen LogP contribution in [-0.4, -0.2) is 287 Å². The van der Waals surface area contributed by atoms with Crippen LogP contribution in [0, 0.1) is 21.3 Å². The van der Waals surface area contributed by atoms with Crippen molar-refractivity contribution in [2.75, 3.05) is 132 Å². The van der Waals surface area contributed by atoms with Crippen molar-refractivity contribution in [1.29, 1.82) is 0 Å². The summed E-state index contributed by atoms with van der Waals surface area (Å²) in [6.45, 7) is 24.1. The molecular formula is C80H108BrCl8F9MgN12O16. The number of aromatic nitrogens is 4. The topological polar surface area (TPSA) is 309 Å². The van der Waals surface area contributed by atoms with E-state index in [1.54, 1.807) is 85.1 Å². The number of ether oxygens (including phenoxy) is 6. The van der Waals surface area contributed by atoms with Gasteiger partial charge in [-0.25, -0.2) is 9.59 Å². The predicted molar refractivity (Wildman–Crippen MR) is 472 cm³/mol. The van der Waals surface area contributed by atoms with Crippen molar-refractivity contribution in [2.45, 2.75) is 169 Å². The van der Waals surface area contributed by atoms with Crippen molar-refractivity contribution in [3.05, 3.63) is 133 Å². The number of hydrogen-bond donors (Lipinski definition) is 5. The number of carboxylic acids is 1. The van der Waals surface area contributed by atoms with Gasteiger partial charge in [0.05, 0.1) is 112 Å². The third-order valence-corrected chi connectivity index (χ3v) is 20.6. The van der Waals surface area contributed by atoms with Crippen LogP contribution >= 0.6 is 92.8 Å². The minimum absolute atomic E-state index is 0. The summed E-state index contributed by atoms with van der Waals surface area (Å²) in [4.78, 5) is 81.1. The van der Waals surface area contributed by atoms with Crippen LogP contribution in [0.15, 0.2) is 72.8 Å². The molecule has 4 aliphatic heterocycles. The molecule has 7 atom stereocenters. The number of hydrogen-bond acceptors (Lipinski definition) is 22. The third kappa shape index (κ3) is 37.5. The molecule has 5 N–H and O–H groups in total. The predicted octanol–water partition coefficient (Wildman–Crippen LogP) is 13.1. The summed E-state index contributed by atoms with van der Waals surface area (Å²) in [6.07, 6.45) is -17.1. The first-order chi connectivity index (χ1) is 57.1. The van der Waals surface area contributed by atoms with Crippen LogP contribution in [0.3, 0.4) is 0 Å². The van der Waals surface area contributed by atoms with Crippen molar-refractivity contribution in [3.63, 3.8) is 0 Å². The summed E-state index contributed by atoms with van der Waals surface area (Å²) in [5, 5.41) is 49.7. The number of amides is 3. The van der Waals surface area contributed by atoms with E-state index in [2.05, 4.69) is 25.3 Å². The van der Waals surface area contributed by atoms with Gasteiger partial charge in [-0.05, 0) is 125 Å². The van der Waals surface area contributed by atoms with E-state index in [9.17, 15) is 78.8 Å².